The zero-order chi connectivity index (χ0) is 18.4. The third-order valence-electron chi connectivity index (χ3n) is 4.33. The highest BCUT2D eigenvalue weighted by Gasteiger charge is 2.18. The van der Waals surface area contributed by atoms with Crippen LogP contribution in [0.1, 0.15) is 48.8 Å². The van der Waals surface area contributed by atoms with Gasteiger partial charge in [0.1, 0.15) is 0 Å². The maximum absolute atomic E-state index is 12.5. The van der Waals surface area contributed by atoms with Gasteiger partial charge < -0.3 is 5.32 Å². The normalized spacial score (nSPS) is 12.2. The van der Waals surface area contributed by atoms with E-state index >= 15 is 0 Å². The summed E-state index contributed by atoms with van der Waals surface area (Å²) in [6.07, 6.45) is 3.08. The molecule has 1 amide bonds. The Morgan fingerprint density at radius 3 is 2.24 bits per heavy atom. The number of aromatic nitrogens is 2. The molecule has 0 aliphatic rings. The van der Waals surface area contributed by atoms with Gasteiger partial charge in [-0.05, 0) is 43.6 Å². The second-order valence-electron chi connectivity index (χ2n) is 6.56. The number of hydrogen-bond acceptors (Lipinski definition) is 4. The third kappa shape index (κ3) is 5.30. The number of nitrogens with one attached hydrogen (secondary N) is 1. The van der Waals surface area contributed by atoms with Crippen molar-refractivity contribution in [2.24, 2.45) is 5.92 Å². The van der Waals surface area contributed by atoms with Crippen LogP contribution >= 0.6 is 11.8 Å². The van der Waals surface area contributed by atoms with E-state index in [0.29, 0.717) is 18.8 Å². The molecule has 4 nitrogen and oxygen atoms in total. The van der Waals surface area contributed by atoms with Crippen molar-refractivity contribution in [3.8, 4) is 0 Å². The maximum Gasteiger partial charge on any atom is 0.220 e. The van der Waals surface area contributed by atoms with E-state index in [4.69, 9.17) is 0 Å². The lowest BCUT2D eigenvalue weighted by Gasteiger charge is -2.23. The van der Waals surface area contributed by atoms with Crippen LogP contribution in [0.5, 0.6) is 0 Å². The lowest BCUT2D eigenvalue weighted by atomic mass is 9.95. The molecule has 25 heavy (non-hydrogen) atoms. The number of rotatable bonds is 7. The van der Waals surface area contributed by atoms with Gasteiger partial charge in [0.25, 0.3) is 0 Å². The Morgan fingerprint density at radius 1 is 1.12 bits per heavy atom. The summed E-state index contributed by atoms with van der Waals surface area (Å²) in [5.74, 6) is 0.398. The fraction of sp³-hybridized carbons (Fsp3) is 0.450. The summed E-state index contributed by atoms with van der Waals surface area (Å²) >= 11 is 1.54. The van der Waals surface area contributed by atoms with Gasteiger partial charge in [-0.3, -0.25) is 4.79 Å². The molecule has 5 heteroatoms. The fourth-order valence-corrected chi connectivity index (χ4v) is 3.40. The van der Waals surface area contributed by atoms with E-state index in [1.807, 2.05) is 38.3 Å². The molecule has 0 bridgehead atoms. The van der Waals surface area contributed by atoms with Gasteiger partial charge in [-0.2, -0.15) is 0 Å². The van der Waals surface area contributed by atoms with Gasteiger partial charge in [-0.1, -0.05) is 55.9 Å². The van der Waals surface area contributed by atoms with Gasteiger partial charge in [-0.15, -0.1) is 0 Å². The summed E-state index contributed by atoms with van der Waals surface area (Å²) in [5.41, 5.74) is 4.15. The number of nitrogens with zero attached hydrogens (tertiary/aromatic N) is 2. The van der Waals surface area contributed by atoms with Crippen molar-refractivity contribution in [3.05, 3.63) is 52.8 Å². The van der Waals surface area contributed by atoms with Gasteiger partial charge in [0.05, 0.1) is 6.04 Å². The Labute approximate surface area is 154 Å². The van der Waals surface area contributed by atoms with E-state index in [2.05, 4.69) is 41.3 Å². The smallest absolute Gasteiger partial charge is 0.220 e. The molecule has 2 rings (SSSR count). The van der Waals surface area contributed by atoms with Gasteiger partial charge in [0.2, 0.25) is 5.91 Å². The first-order valence-corrected chi connectivity index (χ1v) is 9.87. The minimum Gasteiger partial charge on any atom is -0.349 e. The Balaban J connectivity index is 2.03. The van der Waals surface area contributed by atoms with E-state index in [1.54, 1.807) is 0 Å². The molecule has 1 unspecified atom stereocenters. The molecule has 1 aromatic heterocycles. The van der Waals surface area contributed by atoms with Crippen LogP contribution in [0.4, 0.5) is 0 Å². The number of benzene rings is 1. The Morgan fingerprint density at radius 2 is 1.72 bits per heavy atom. The van der Waals surface area contributed by atoms with Crippen molar-refractivity contribution in [2.45, 2.75) is 51.7 Å². The minimum absolute atomic E-state index is 0.0333. The fourth-order valence-electron chi connectivity index (χ4n) is 2.94. The first-order chi connectivity index (χ1) is 11.9. The minimum atomic E-state index is 0.0333. The largest absolute Gasteiger partial charge is 0.349 e. The van der Waals surface area contributed by atoms with Crippen molar-refractivity contribution < 1.29 is 4.79 Å². The monoisotopic (exact) mass is 357 g/mol. The molecule has 0 spiro atoms. The molecular formula is C20H27N3OS. The molecule has 0 aliphatic carbocycles. The van der Waals surface area contributed by atoms with Crippen LogP contribution in [-0.2, 0) is 11.2 Å². The highest BCUT2D eigenvalue weighted by Crippen LogP contribution is 2.22. The first kappa shape index (κ1) is 19.4. The quantitative estimate of drug-likeness (QED) is 0.594. The molecule has 134 valence electrons. The topological polar surface area (TPSA) is 54.9 Å². The predicted molar refractivity (Wildman–Crippen MR) is 104 cm³/mol. The highest BCUT2D eigenvalue weighted by atomic mass is 32.2. The predicted octanol–water partition coefficient (Wildman–Crippen LogP) is 4.26. The summed E-state index contributed by atoms with van der Waals surface area (Å²) in [7, 11) is 0. The molecular weight excluding hydrogens is 330 g/mol. The standard InChI is InChI=1S/C20H27N3OS/c1-13(2)19(16-9-7-6-8-10-16)23-18(24)12-11-17-14(3)21-20(25-5)22-15(17)4/h6-10,13,19H,11-12H2,1-5H3,(H,23,24). The summed E-state index contributed by atoms with van der Waals surface area (Å²) in [4.78, 5) is 21.5. The molecule has 0 aliphatic heterocycles. The number of hydrogen-bond donors (Lipinski definition) is 1. The molecule has 0 radical (unpaired) electrons. The zero-order valence-electron chi connectivity index (χ0n) is 15.7. The van der Waals surface area contributed by atoms with Gasteiger partial charge in [0.15, 0.2) is 5.16 Å². The first-order valence-electron chi connectivity index (χ1n) is 8.64. The van der Waals surface area contributed by atoms with Crippen LogP contribution < -0.4 is 5.32 Å². The number of amides is 1. The Kier molecular flexibility index (Phi) is 7.00. The number of thioether (sulfide) groups is 1. The molecule has 1 aromatic carbocycles. The van der Waals surface area contributed by atoms with Crippen LogP contribution in [0.25, 0.3) is 0 Å². The second-order valence-corrected chi connectivity index (χ2v) is 7.33. The van der Waals surface area contributed by atoms with Crippen molar-refractivity contribution in [1.82, 2.24) is 15.3 Å². The zero-order valence-corrected chi connectivity index (χ0v) is 16.5. The van der Waals surface area contributed by atoms with Crippen LogP contribution in [0.2, 0.25) is 0 Å². The molecule has 1 atom stereocenters. The molecule has 0 fully saturated rings. The average Bonchev–Trinajstić information content (AvgIpc) is 2.59. The van der Waals surface area contributed by atoms with Crippen molar-refractivity contribution in [3.63, 3.8) is 0 Å². The SMILES string of the molecule is CSc1nc(C)c(CCC(=O)NC(c2ccccc2)C(C)C)c(C)n1. The molecule has 1 heterocycles. The van der Waals surface area contributed by atoms with Crippen molar-refractivity contribution in [1.29, 1.82) is 0 Å². The summed E-state index contributed by atoms with van der Waals surface area (Å²) in [6, 6.07) is 10.2. The van der Waals surface area contributed by atoms with E-state index in [-0.39, 0.29) is 11.9 Å². The van der Waals surface area contributed by atoms with Crippen LogP contribution in [0, 0.1) is 19.8 Å². The Bertz CT molecular complexity index is 693. The summed E-state index contributed by atoms with van der Waals surface area (Å²) in [6.45, 7) is 8.23. The van der Waals surface area contributed by atoms with Crippen LogP contribution in [0.15, 0.2) is 35.5 Å². The second kappa shape index (κ2) is 8.99. The average molecular weight is 358 g/mol. The van der Waals surface area contributed by atoms with E-state index in [1.165, 1.54) is 11.8 Å². The van der Waals surface area contributed by atoms with Crippen LogP contribution in [-0.4, -0.2) is 22.1 Å². The molecule has 0 saturated heterocycles. The van der Waals surface area contributed by atoms with Gasteiger partial charge in [-0.25, -0.2) is 9.97 Å². The van der Waals surface area contributed by atoms with E-state index < -0.39 is 0 Å². The molecule has 1 N–H and O–H groups in total. The highest BCUT2D eigenvalue weighted by molar-refractivity contribution is 7.98. The maximum atomic E-state index is 12.5. The Hall–Kier alpha value is -1.88. The summed E-state index contributed by atoms with van der Waals surface area (Å²) in [5, 5.41) is 3.97. The third-order valence-corrected chi connectivity index (χ3v) is 4.87. The van der Waals surface area contributed by atoms with Gasteiger partial charge >= 0.3 is 0 Å². The van der Waals surface area contributed by atoms with Crippen molar-refractivity contribution in [2.75, 3.05) is 6.26 Å². The van der Waals surface area contributed by atoms with Crippen molar-refractivity contribution >= 4 is 17.7 Å². The summed E-state index contributed by atoms with van der Waals surface area (Å²) < 4.78 is 0. The lowest BCUT2D eigenvalue weighted by molar-refractivity contribution is -0.122. The molecule has 2 aromatic rings. The molecule has 0 saturated carbocycles. The number of carbonyl (C=O) groups excluding carboxylic acids is 1. The van der Waals surface area contributed by atoms with E-state index in [0.717, 1.165) is 27.7 Å². The lowest BCUT2D eigenvalue weighted by Crippen LogP contribution is -2.32. The number of aryl methyl sites for hydroxylation is 2. The van der Waals surface area contributed by atoms with E-state index in [9.17, 15) is 4.79 Å². The van der Waals surface area contributed by atoms with Crippen LogP contribution in [0.3, 0.4) is 0 Å². The number of carbonyl (C=O) groups is 1. The van der Waals surface area contributed by atoms with Gasteiger partial charge in [0, 0.05) is 17.8 Å².